The van der Waals surface area contributed by atoms with E-state index in [1.807, 2.05) is 13.8 Å². The Hall–Kier alpha value is -6.89. The Bertz CT molecular complexity index is 2460. The summed E-state index contributed by atoms with van der Waals surface area (Å²) >= 11 is 0. The van der Waals surface area contributed by atoms with E-state index in [1.165, 1.54) is 13.8 Å². The first-order valence-corrected chi connectivity index (χ1v) is 33.6. The van der Waals surface area contributed by atoms with Crippen LogP contribution in [-0.4, -0.2) is 194 Å². The van der Waals surface area contributed by atoms with Gasteiger partial charge in [-0.25, -0.2) is 0 Å². The average Bonchev–Trinajstić information content (AvgIpc) is 3.91. The van der Waals surface area contributed by atoms with E-state index >= 15 is 0 Å². The zero-order valence-electron chi connectivity index (χ0n) is 56.0. The summed E-state index contributed by atoms with van der Waals surface area (Å²) in [6.07, 6.45) is 5.31. The molecule has 1 unspecified atom stereocenters. The molecule has 1 aromatic rings. The van der Waals surface area contributed by atoms with Crippen molar-refractivity contribution < 1.29 is 63.0 Å². The lowest BCUT2D eigenvalue weighted by Gasteiger charge is -2.29. The molecule has 1 saturated heterocycles. The second kappa shape index (κ2) is 46.2. The molecular formula is C64H114N16O13. The molecule has 1 aliphatic rings. The molecular weight excluding hydrogens is 1200 g/mol. The summed E-state index contributed by atoms with van der Waals surface area (Å²) in [5.74, 6) is -9.08. The Morgan fingerprint density at radius 3 is 1.66 bits per heavy atom. The van der Waals surface area contributed by atoms with E-state index in [0.29, 0.717) is 24.4 Å². The molecule has 0 radical (unpaired) electrons. The number of aliphatic hydroxyl groups is 2. The maximum atomic E-state index is 14.7. The largest absolute Gasteiger partial charge is 0.391 e. The van der Waals surface area contributed by atoms with Crippen LogP contribution in [0.2, 0.25) is 0 Å². The zero-order valence-corrected chi connectivity index (χ0v) is 56.0. The van der Waals surface area contributed by atoms with Crippen LogP contribution < -0.4 is 86.7 Å². The normalized spacial score (nSPS) is 22.0. The highest BCUT2D eigenvalue weighted by Gasteiger charge is 2.38. The van der Waals surface area contributed by atoms with Crippen molar-refractivity contribution in [3.63, 3.8) is 0 Å². The average molecular weight is 1320 g/mol. The second-order valence-corrected chi connectivity index (χ2v) is 24.8. The van der Waals surface area contributed by atoms with Gasteiger partial charge in [-0.1, -0.05) is 116 Å². The minimum absolute atomic E-state index is 0.0122. The van der Waals surface area contributed by atoms with Crippen LogP contribution in [0, 0.1) is 11.8 Å². The summed E-state index contributed by atoms with van der Waals surface area (Å²) in [7, 11) is 0. The molecule has 29 heteroatoms. The van der Waals surface area contributed by atoms with Gasteiger partial charge in [-0.05, 0) is 128 Å². The number of aliphatic hydroxyl groups excluding tert-OH is 2. The van der Waals surface area contributed by atoms with Crippen LogP contribution in [0.25, 0.3) is 0 Å². The lowest BCUT2D eigenvalue weighted by atomic mass is 10.00. The van der Waals surface area contributed by atoms with Gasteiger partial charge >= 0.3 is 0 Å². The predicted octanol–water partition coefficient (Wildman–Crippen LogP) is -2.25. The molecule has 0 aromatic heterocycles. The number of rotatable bonds is 37. The molecule has 11 amide bonds. The molecule has 93 heavy (non-hydrogen) atoms. The first kappa shape index (κ1) is 82.2. The molecule has 1 fully saturated rings. The van der Waals surface area contributed by atoms with Crippen molar-refractivity contribution in [1.82, 2.24) is 63.8 Å². The maximum absolute atomic E-state index is 14.7. The summed E-state index contributed by atoms with van der Waals surface area (Å²) in [6, 6.07) is -6.04. The molecule has 0 saturated carbocycles. The van der Waals surface area contributed by atoms with Crippen molar-refractivity contribution in [2.45, 2.75) is 243 Å². The SMILES string of the molecule is CCCCCCCC(=O)N[C@@H](CCN)C(=O)N[C@@H](C(=O)N[C@@H](CCN)C(=O)N[C@H]1CCNC(=O)[C@H]([C@@H](C)O)NC(=O)[C@H](CCNCCCCCC(C)CC)NC(=O)[C@H](CCN)NC(=O)[C@H](CC(C)C)NC(=O)[C@@H](Cc2ccccc2)NC(=O)[C@H](CCN)NC1=O)[C@@H](C)O. The number of hydrogen-bond donors (Lipinski definition) is 18. The number of amides is 11. The fraction of sp³-hybridized carbons (Fsp3) is 0.734. The van der Waals surface area contributed by atoms with Crippen molar-refractivity contribution in [3.05, 3.63) is 35.9 Å². The smallest absolute Gasteiger partial charge is 0.245 e. The third kappa shape index (κ3) is 32.2. The molecule has 1 heterocycles. The number of nitrogens with two attached hydrogens (primary N) is 4. The number of unbranched alkanes of at least 4 members (excludes halogenated alkanes) is 6. The van der Waals surface area contributed by atoms with E-state index in [0.717, 1.165) is 57.8 Å². The molecule has 528 valence electrons. The van der Waals surface area contributed by atoms with E-state index in [1.54, 1.807) is 30.3 Å². The van der Waals surface area contributed by atoms with Crippen molar-refractivity contribution >= 4 is 65.0 Å². The summed E-state index contributed by atoms with van der Waals surface area (Å²) in [5.41, 5.74) is 24.3. The van der Waals surface area contributed by atoms with Crippen LogP contribution in [0.4, 0.5) is 0 Å². The minimum Gasteiger partial charge on any atom is -0.391 e. The van der Waals surface area contributed by atoms with E-state index in [9.17, 15) is 63.0 Å². The van der Waals surface area contributed by atoms with Gasteiger partial charge in [-0.2, -0.15) is 0 Å². The Kier molecular flexibility index (Phi) is 40.9. The molecule has 2 rings (SSSR count). The van der Waals surface area contributed by atoms with Crippen molar-refractivity contribution in [3.8, 4) is 0 Å². The lowest BCUT2D eigenvalue weighted by molar-refractivity contribution is -0.137. The monoisotopic (exact) mass is 1310 g/mol. The standard InChI is InChI=1S/C64H114N16O13/c1-8-10-11-12-18-23-52(83)71-44(24-30-65)59(88)80-54(42(7)82)64(93)76-47(27-33-68)56(85)75-49-29-36-70-63(92)53(41(6)81)79-60(89)48(28-35-69-34-19-14-15-20-40(5)9-2)74-55(84)45(25-31-66)73-61(90)50(37-39(3)4)77-62(91)51(38-43-21-16-13-17-22-43)78-57(86)46(26-32-67)72-58(49)87/h13,16-17,21-22,39-42,44-51,53-54,69,81-82H,8-12,14-15,18-20,23-38,65-68H2,1-7H3,(H,70,92)(H,71,83)(H,72,87)(H,73,90)(H,74,84)(H,75,85)(H,76,93)(H,77,91)(H,78,86)(H,79,89)(H,80,88)/t40?,41-,42-,44+,45+,46+,47+,48+,49+,50+,51-,53+,54-/m1/s1. The van der Waals surface area contributed by atoms with Gasteiger partial charge in [0, 0.05) is 19.4 Å². The molecule has 0 aliphatic carbocycles. The molecule has 22 N–H and O–H groups in total. The number of hydrogen-bond acceptors (Lipinski definition) is 18. The molecule has 0 spiro atoms. The van der Waals surface area contributed by atoms with Gasteiger partial charge in [-0.3, -0.25) is 52.7 Å². The molecule has 29 nitrogen and oxygen atoms in total. The maximum Gasteiger partial charge on any atom is 0.245 e. The first-order chi connectivity index (χ1) is 44.3. The fourth-order valence-corrected chi connectivity index (χ4v) is 10.4. The highest BCUT2D eigenvalue weighted by atomic mass is 16.3. The minimum atomic E-state index is -1.70. The number of carbonyl (C=O) groups excluding carboxylic acids is 11. The van der Waals surface area contributed by atoms with Gasteiger partial charge < -0.3 is 96.9 Å². The van der Waals surface area contributed by atoms with Crippen LogP contribution in [0.5, 0.6) is 0 Å². The van der Waals surface area contributed by atoms with Crippen molar-refractivity contribution in [2.24, 2.45) is 34.8 Å². The summed E-state index contributed by atoms with van der Waals surface area (Å²) in [4.78, 5) is 156. The van der Waals surface area contributed by atoms with Gasteiger partial charge in [0.25, 0.3) is 0 Å². The highest BCUT2D eigenvalue weighted by molar-refractivity contribution is 5.99. The fourth-order valence-electron chi connectivity index (χ4n) is 10.4. The number of benzene rings is 1. The molecule has 13 atom stereocenters. The first-order valence-electron chi connectivity index (χ1n) is 33.6. The Labute approximate surface area is 549 Å². The third-order valence-electron chi connectivity index (χ3n) is 16.1. The van der Waals surface area contributed by atoms with Crippen molar-refractivity contribution in [1.29, 1.82) is 0 Å². The number of carbonyl (C=O) groups is 11. The van der Waals surface area contributed by atoms with Crippen LogP contribution in [0.3, 0.4) is 0 Å². The van der Waals surface area contributed by atoms with E-state index < -0.39 is 151 Å². The summed E-state index contributed by atoms with van der Waals surface area (Å²) in [6.45, 7) is 12.3. The van der Waals surface area contributed by atoms with Crippen LogP contribution in [0.1, 0.15) is 170 Å². The zero-order chi connectivity index (χ0) is 69.4. The summed E-state index contributed by atoms with van der Waals surface area (Å²) in [5, 5.41) is 53.9. The van der Waals surface area contributed by atoms with Crippen LogP contribution in [0.15, 0.2) is 30.3 Å². The van der Waals surface area contributed by atoms with Gasteiger partial charge in [-0.15, -0.1) is 0 Å². The van der Waals surface area contributed by atoms with Crippen molar-refractivity contribution in [2.75, 3.05) is 45.8 Å². The van der Waals surface area contributed by atoms with E-state index in [-0.39, 0.29) is 90.0 Å². The van der Waals surface area contributed by atoms with E-state index in [4.69, 9.17) is 22.9 Å². The van der Waals surface area contributed by atoms with E-state index in [2.05, 4.69) is 84.6 Å². The highest BCUT2D eigenvalue weighted by Crippen LogP contribution is 2.14. The van der Waals surface area contributed by atoms with Crippen LogP contribution in [-0.2, 0) is 59.2 Å². The van der Waals surface area contributed by atoms with Crippen LogP contribution >= 0.6 is 0 Å². The lowest BCUT2D eigenvalue weighted by Crippen LogP contribution is -2.62. The molecule has 1 aromatic carbocycles. The topological polar surface area (TPSA) is 477 Å². The third-order valence-corrected chi connectivity index (χ3v) is 16.1. The van der Waals surface area contributed by atoms with Gasteiger partial charge in [0.15, 0.2) is 0 Å². The number of nitrogens with one attached hydrogen (secondary N) is 12. The predicted molar refractivity (Wildman–Crippen MR) is 353 cm³/mol. The summed E-state index contributed by atoms with van der Waals surface area (Å²) < 4.78 is 0. The van der Waals surface area contributed by atoms with Gasteiger partial charge in [0.05, 0.1) is 12.2 Å². The Morgan fingerprint density at radius 2 is 1.09 bits per heavy atom. The Morgan fingerprint density at radius 1 is 0.548 bits per heavy atom. The molecule has 1 aliphatic heterocycles. The molecule has 0 bridgehead atoms. The van der Waals surface area contributed by atoms with Gasteiger partial charge in [0.1, 0.15) is 60.4 Å². The second-order valence-electron chi connectivity index (χ2n) is 24.8. The quantitative estimate of drug-likeness (QED) is 0.0313. The van der Waals surface area contributed by atoms with Gasteiger partial charge in [0.2, 0.25) is 65.0 Å². The Balaban J connectivity index is 2.72.